The van der Waals surface area contributed by atoms with Crippen molar-refractivity contribution in [3.8, 4) is 11.3 Å². The molecule has 0 unspecified atom stereocenters. The minimum atomic E-state index is -0.486. The summed E-state index contributed by atoms with van der Waals surface area (Å²) in [6.45, 7) is 3.02. The molecule has 140 valence electrons. The van der Waals surface area contributed by atoms with Gasteiger partial charge in [-0.25, -0.2) is 0 Å². The zero-order chi connectivity index (χ0) is 17.4. The van der Waals surface area contributed by atoms with Gasteiger partial charge in [-0.15, -0.1) is 12.4 Å². The third-order valence-corrected chi connectivity index (χ3v) is 5.58. The lowest BCUT2D eigenvalue weighted by Gasteiger charge is -2.42. The van der Waals surface area contributed by atoms with E-state index in [0.717, 1.165) is 36.0 Å². The maximum Gasteiger partial charge on any atom is 0.278 e. The molecular weight excluding hydrogens is 422 g/mol. The van der Waals surface area contributed by atoms with E-state index in [9.17, 15) is 4.79 Å². The van der Waals surface area contributed by atoms with Crippen molar-refractivity contribution in [2.24, 2.45) is 0 Å². The van der Waals surface area contributed by atoms with Crippen LogP contribution in [0.4, 0.5) is 0 Å². The fourth-order valence-electron chi connectivity index (χ4n) is 3.54. The summed E-state index contributed by atoms with van der Waals surface area (Å²) in [6.07, 6.45) is 1.65. The second-order valence-corrected chi connectivity index (χ2v) is 7.55. The second-order valence-electron chi connectivity index (χ2n) is 6.64. The smallest absolute Gasteiger partial charge is 0.278 e. The van der Waals surface area contributed by atoms with Crippen LogP contribution in [0, 0.1) is 0 Å². The highest BCUT2D eigenvalue weighted by Crippen LogP contribution is 2.35. The summed E-state index contributed by atoms with van der Waals surface area (Å²) in [6, 6.07) is 9.43. The predicted octanol–water partition coefficient (Wildman–Crippen LogP) is 3.42. The van der Waals surface area contributed by atoms with Crippen LogP contribution in [0.1, 0.15) is 23.3 Å². The summed E-state index contributed by atoms with van der Waals surface area (Å²) in [5.41, 5.74) is 0.739. The molecule has 3 heterocycles. The molecule has 26 heavy (non-hydrogen) atoms. The predicted molar refractivity (Wildman–Crippen MR) is 103 cm³/mol. The molecule has 2 saturated heterocycles. The number of amides is 1. The van der Waals surface area contributed by atoms with E-state index in [-0.39, 0.29) is 18.3 Å². The van der Waals surface area contributed by atoms with Crippen LogP contribution in [0.15, 0.2) is 39.3 Å². The van der Waals surface area contributed by atoms with Crippen LogP contribution in [-0.2, 0) is 4.74 Å². The van der Waals surface area contributed by atoms with Crippen LogP contribution in [0.5, 0.6) is 0 Å². The van der Waals surface area contributed by atoms with Gasteiger partial charge < -0.3 is 19.1 Å². The third kappa shape index (κ3) is 3.53. The first-order valence-electron chi connectivity index (χ1n) is 8.45. The second kappa shape index (κ2) is 7.68. The van der Waals surface area contributed by atoms with Gasteiger partial charge in [0.1, 0.15) is 5.72 Å². The molecule has 2 aromatic rings. The number of ether oxygens (including phenoxy) is 1. The number of benzene rings is 1. The summed E-state index contributed by atoms with van der Waals surface area (Å²) in [5.74, 6) is 0.475. The van der Waals surface area contributed by atoms with Gasteiger partial charge >= 0.3 is 0 Å². The molecule has 1 spiro atoms. The highest BCUT2D eigenvalue weighted by molar-refractivity contribution is 9.10. The number of likely N-dealkylation sites (tertiary alicyclic amines) is 1. The third-order valence-electron chi connectivity index (χ3n) is 5.05. The molecule has 2 aliphatic rings. The summed E-state index contributed by atoms with van der Waals surface area (Å²) < 4.78 is 12.4. The Balaban J connectivity index is 0.00000196. The summed E-state index contributed by atoms with van der Waals surface area (Å²) in [5, 5.41) is 4.01. The van der Waals surface area contributed by atoms with Gasteiger partial charge in [0.15, 0.2) is 11.5 Å². The molecular formula is C18H21BrClN3O3. The first-order valence-corrected chi connectivity index (χ1v) is 9.24. The van der Waals surface area contributed by atoms with E-state index in [0.29, 0.717) is 24.6 Å². The summed E-state index contributed by atoms with van der Waals surface area (Å²) in [7, 11) is 2.09. The molecule has 2 fully saturated rings. The molecule has 8 heteroatoms. The van der Waals surface area contributed by atoms with Crippen molar-refractivity contribution in [2.75, 3.05) is 33.3 Å². The molecule has 0 N–H and O–H groups in total. The lowest BCUT2D eigenvalue weighted by atomic mass is 9.99. The molecule has 1 aromatic heterocycles. The maximum atomic E-state index is 13.0. The highest BCUT2D eigenvalue weighted by Gasteiger charge is 2.47. The van der Waals surface area contributed by atoms with Crippen LogP contribution < -0.4 is 0 Å². The Morgan fingerprint density at radius 3 is 2.58 bits per heavy atom. The monoisotopic (exact) mass is 441 g/mol. The number of hydrogen-bond acceptors (Lipinski definition) is 5. The van der Waals surface area contributed by atoms with Crippen molar-refractivity contribution in [3.63, 3.8) is 0 Å². The molecule has 0 aliphatic carbocycles. The molecule has 2 aliphatic heterocycles. The van der Waals surface area contributed by atoms with Gasteiger partial charge in [-0.2, -0.15) is 0 Å². The van der Waals surface area contributed by atoms with Crippen LogP contribution in [0.3, 0.4) is 0 Å². The van der Waals surface area contributed by atoms with E-state index >= 15 is 0 Å². The van der Waals surface area contributed by atoms with Crippen LogP contribution in [0.2, 0.25) is 0 Å². The lowest BCUT2D eigenvalue weighted by molar-refractivity contribution is -0.102. The van der Waals surface area contributed by atoms with Gasteiger partial charge in [-0.3, -0.25) is 4.79 Å². The number of halogens is 2. The quantitative estimate of drug-likeness (QED) is 0.713. The van der Waals surface area contributed by atoms with Crippen LogP contribution >= 0.6 is 28.3 Å². The number of carbonyl (C=O) groups is 1. The van der Waals surface area contributed by atoms with E-state index in [1.807, 2.05) is 29.2 Å². The minimum Gasteiger partial charge on any atom is -0.355 e. The van der Waals surface area contributed by atoms with E-state index in [1.54, 1.807) is 6.07 Å². The molecule has 0 bridgehead atoms. The Hall–Kier alpha value is -1.41. The molecule has 1 aromatic carbocycles. The number of rotatable bonds is 2. The Labute approximate surface area is 167 Å². The van der Waals surface area contributed by atoms with Gasteiger partial charge in [0, 0.05) is 48.6 Å². The number of nitrogens with zero attached hydrogens (tertiary/aromatic N) is 3. The Morgan fingerprint density at radius 2 is 1.88 bits per heavy atom. The molecule has 1 amide bonds. The molecule has 0 saturated carbocycles. The van der Waals surface area contributed by atoms with Gasteiger partial charge in [0.25, 0.3) is 5.91 Å². The fraction of sp³-hybridized carbons (Fsp3) is 0.444. The van der Waals surface area contributed by atoms with Gasteiger partial charge in [0.2, 0.25) is 0 Å². The molecule has 0 atom stereocenters. The average Bonchev–Trinajstić information content (AvgIpc) is 3.26. The topological polar surface area (TPSA) is 58.8 Å². The van der Waals surface area contributed by atoms with Crippen molar-refractivity contribution in [1.82, 2.24) is 15.0 Å². The minimum absolute atomic E-state index is 0. The largest absolute Gasteiger partial charge is 0.355 e. The van der Waals surface area contributed by atoms with Crippen molar-refractivity contribution in [3.05, 3.63) is 40.5 Å². The average molecular weight is 443 g/mol. The highest BCUT2D eigenvalue weighted by atomic mass is 79.9. The maximum absolute atomic E-state index is 13.0. The van der Waals surface area contributed by atoms with Crippen molar-refractivity contribution in [2.45, 2.75) is 18.6 Å². The number of hydrogen-bond donors (Lipinski definition) is 0. The van der Waals surface area contributed by atoms with E-state index in [4.69, 9.17) is 9.26 Å². The molecule has 0 radical (unpaired) electrons. The Bertz CT molecular complexity index is 772. The van der Waals surface area contributed by atoms with Gasteiger partial charge in [0.05, 0.1) is 6.61 Å². The standard InChI is InChI=1S/C18H20BrN3O3.ClH/c1-21-8-6-18(7-9-21)22(10-11-24-18)17(23)15-12-16(25-20-15)13-2-4-14(19)5-3-13;/h2-5,12H,6-11H2,1H3;1H. The van der Waals surface area contributed by atoms with Crippen molar-refractivity contribution >= 4 is 34.2 Å². The first-order chi connectivity index (χ1) is 12.1. The Morgan fingerprint density at radius 1 is 1.19 bits per heavy atom. The van der Waals surface area contributed by atoms with E-state index in [2.05, 4.69) is 33.0 Å². The zero-order valence-corrected chi connectivity index (χ0v) is 16.9. The van der Waals surface area contributed by atoms with Gasteiger partial charge in [-0.1, -0.05) is 33.2 Å². The SMILES string of the molecule is CN1CCC2(CC1)OCCN2C(=O)c1cc(-c2ccc(Br)cc2)on1.Cl. The van der Waals surface area contributed by atoms with Crippen molar-refractivity contribution in [1.29, 1.82) is 0 Å². The van der Waals surface area contributed by atoms with Crippen LogP contribution in [-0.4, -0.2) is 59.9 Å². The fourth-order valence-corrected chi connectivity index (χ4v) is 3.81. The zero-order valence-electron chi connectivity index (χ0n) is 14.5. The van der Waals surface area contributed by atoms with Crippen molar-refractivity contribution < 1.29 is 14.1 Å². The first kappa shape index (κ1) is 19.4. The van der Waals surface area contributed by atoms with Gasteiger partial charge in [-0.05, 0) is 19.2 Å². The number of piperidine rings is 1. The molecule has 4 rings (SSSR count). The summed E-state index contributed by atoms with van der Waals surface area (Å²) in [4.78, 5) is 17.1. The van der Waals surface area contributed by atoms with E-state index in [1.165, 1.54) is 0 Å². The molecule has 6 nitrogen and oxygen atoms in total. The Kier molecular flexibility index (Phi) is 5.72. The summed E-state index contributed by atoms with van der Waals surface area (Å²) >= 11 is 3.41. The van der Waals surface area contributed by atoms with E-state index < -0.39 is 5.72 Å². The number of carbonyl (C=O) groups excluding carboxylic acids is 1. The van der Waals surface area contributed by atoms with Crippen LogP contribution in [0.25, 0.3) is 11.3 Å². The number of aromatic nitrogens is 1. The lowest BCUT2D eigenvalue weighted by Crippen LogP contribution is -2.54. The normalized spacial score (nSPS) is 19.5.